The highest BCUT2D eigenvalue weighted by atomic mass is 31.2. The summed E-state index contributed by atoms with van der Waals surface area (Å²) in [6, 6.07) is 0. The molecule has 8 atom stereocenters. The summed E-state index contributed by atoms with van der Waals surface area (Å²) in [6.45, 7) is 3.25. The van der Waals surface area contributed by atoms with Gasteiger partial charge in [-0.2, -0.15) is 0 Å². The van der Waals surface area contributed by atoms with Gasteiger partial charge in [-0.15, -0.1) is 0 Å². The summed E-state index contributed by atoms with van der Waals surface area (Å²) in [4.78, 5) is 35.6. The fourth-order valence-corrected chi connectivity index (χ4v) is 7.82. The van der Waals surface area contributed by atoms with Gasteiger partial charge in [-0.05, 0) is 44.9 Å². The topological polar surface area (TPSA) is 210 Å². The maximum atomic E-state index is 12.8. The molecule has 0 amide bonds. The van der Waals surface area contributed by atoms with Gasteiger partial charge in [0.2, 0.25) is 0 Å². The van der Waals surface area contributed by atoms with Gasteiger partial charge in [0.1, 0.15) is 43.2 Å². The molecule has 1 fully saturated rings. The minimum Gasteiger partial charge on any atom is -0.462 e. The molecule has 0 spiro atoms. The molecule has 6 N–H and O–H groups in total. The van der Waals surface area contributed by atoms with Crippen molar-refractivity contribution in [3.63, 3.8) is 0 Å². The smallest absolute Gasteiger partial charge is 0.462 e. The van der Waals surface area contributed by atoms with Crippen molar-refractivity contribution in [1.29, 1.82) is 0 Å². The average Bonchev–Trinajstić information content (AvgIpc) is 3.20. The first-order valence-corrected chi connectivity index (χ1v) is 24.1. The first kappa shape index (κ1) is 54.3. The Balaban J connectivity index is 2.41. The standard InChI is InChI=1S/C44H81O13P/c1-3-5-7-9-11-13-15-16-17-18-19-20-21-22-23-25-26-28-30-32-37(45)54-34-36(56-38(46)33-31-29-27-24-14-12-10-8-6-4-2)35-55-58(52,53)57-44-42(50)40(48)39(47)41(49)43(44)51/h11,13,16-17,36,39-44,47-51H,3-10,12,14-15,18-35H2,1-2H3,(H,52,53)/b13-11-,17-16-/t36-,39?,40-,41?,42?,43?,44?/m1/s1. The molecule has 0 aromatic rings. The molecule has 58 heavy (non-hydrogen) atoms. The maximum absolute atomic E-state index is 12.8. The van der Waals surface area contributed by atoms with E-state index in [4.69, 9.17) is 18.5 Å². The highest BCUT2D eigenvalue weighted by molar-refractivity contribution is 7.47. The Bertz CT molecular complexity index is 1120. The van der Waals surface area contributed by atoms with Gasteiger partial charge in [0, 0.05) is 12.8 Å². The minimum absolute atomic E-state index is 0.0987. The summed E-state index contributed by atoms with van der Waals surface area (Å²) in [7, 11) is -5.11. The monoisotopic (exact) mass is 849 g/mol. The van der Waals surface area contributed by atoms with Crippen molar-refractivity contribution in [2.75, 3.05) is 13.2 Å². The van der Waals surface area contributed by atoms with Crippen LogP contribution in [0, 0.1) is 0 Å². The van der Waals surface area contributed by atoms with Crippen LogP contribution < -0.4 is 0 Å². The van der Waals surface area contributed by atoms with Crippen LogP contribution in [-0.4, -0.2) is 98.3 Å². The van der Waals surface area contributed by atoms with Crippen LogP contribution in [-0.2, 0) is 32.7 Å². The molecule has 1 aliphatic carbocycles. The van der Waals surface area contributed by atoms with Crippen molar-refractivity contribution in [2.24, 2.45) is 0 Å². The van der Waals surface area contributed by atoms with Crippen molar-refractivity contribution in [3.05, 3.63) is 24.3 Å². The van der Waals surface area contributed by atoms with Crippen LogP contribution >= 0.6 is 7.82 Å². The third-order valence-corrected chi connectivity index (χ3v) is 11.5. The summed E-state index contributed by atoms with van der Waals surface area (Å²) < 4.78 is 33.4. The van der Waals surface area contributed by atoms with E-state index < -0.39 is 75.7 Å². The maximum Gasteiger partial charge on any atom is 0.472 e. The fraction of sp³-hybridized carbons (Fsp3) is 0.864. The zero-order valence-electron chi connectivity index (χ0n) is 35.8. The largest absolute Gasteiger partial charge is 0.472 e. The number of hydrogen-bond donors (Lipinski definition) is 6. The Labute approximate surface area is 349 Å². The second-order valence-corrected chi connectivity index (χ2v) is 17.3. The molecular weight excluding hydrogens is 767 g/mol. The molecule has 1 aliphatic rings. The second-order valence-electron chi connectivity index (χ2n) is 15.9. The van der Waals surface area contributed by atoms with Crippen LogP contribution in [0.1, 0.15) is 187 Å². The fourth-order valence-electron chi connectivity index (χ4n) is 6.85. The molecule has 0 saturated heterocycles. The molecule has 0 heterocycles. The molecule has 1 rings (SSSR count). The predicted molar refractivity (Wildman–Crippen MR) is 226 cm³/mol. The van der Waals surface area contributed by atoms with E-state index in [1.807, 2.05) is 0 Å². The number of rotatable bonds is 37. The van der Waals surface area contributed by atoms with Crippen LogP contribution in [0.4, 0.5) is 0 Å². The Kier molecular flexibility index (Phi) is 32.8. The quantitative estimate of drug-likeness (QED) is 0.0150. The van der Waals surface area contributed by atoms with E-state index in [1.165, 1.54) is 83.5 Å². The highest BCUT2D eigenvalue weighted by Gasteiger charge is 2.51. The Morgan fingerprint density at radius 3 is 1.43 bits per heavy atom. The van der Waals surface area contributed by atoms with E-state index in [9.17, 15) is 44.6 Å². The third kappa shape index (κ3) is 27.2. The van der Waals surface area contributed by atoms with Gasteiger partial charge in [0.15, 0.2) is 6.10 Å². The van der Waals surface area contributed by atoms with E-state index in [0.717, 1.165) is 64.2 Å². The van der Waals surface area contributed by atoms with Crippen LogP contribution in [0.25, 0.3) is 0 Å². The summed E-state index contributed by atoms with van der Waals surface area (Å²) in [5.41, 5.74) is 0. The number of carbonyl (C=O) groups is 2. The lowest BCUT2D eigenvalue weighted by atomic mass is 9.85. The first-order chi connectivity index (χ1) is 27.9. The number of aliphatic hydroxyl groups is 5. The summed E-state index contributed by atoms with van der Waals surface area (Å²) in [6.07, 6.45) is 23.9. The number of esters is 2. The molecule has 0 radical (unpaired) electrons. The van der Waals surface area contributed by atoms with Crippen molar-refractivity contribution in [2.45, 2.75) is 230 Å². The molecule has 14 heteroatoms. The van der Waals surface area contributed by atoms with Crippen molar-refractivity contribution >= 4 is 19.8 Å². The van der Waals surface area contributed by atoms with Crippen molar-refractivity contribution < 1.29 is 63.1 Å². The SMILES string of the molecule is CCCCC/C=C\C/C=C\CCCCCCCCCCCC(=O)OC[C@H](COP(=O)(O)OC1C(O)C(O)C(O)[C@@H](O)C1O)OC(=O)CCCCCCCCCCCC. The normalized spacial score (nSPS) is 22.7. The molecular formula is C44H81O13P. The first-order valence-electron chi connectivity index (χ1n) is 22.6. The van der Waals surface area contributed by atoms with Gasteiger partial charge in [-0.1, -0.05) is 154 Å². The van der Waals surface area contributed by atoms with E-state index in [-0.39, 0.29) is 12.8 Å². The lowest BCUT2D eigenvalue weighted by molar-refractivity contribution is -0.220. The van der Waals surface area contributed by atoms with Crippen LogP contribution in [0.2, 0.25) is 0 Å². The molecule has 6 unspecified atom stereocenters. The van der Waals surface area contributed by atoms with E-state index in [0.29, 0.717) is 12.8 Å². The lowest BCUT2D eigenvalue weighted by Gasteiger charge is -2.41. The van der Waals surface area contributed by atoms with Gasteiger partial charge in [0.25, 0.3) is 0 Å². The zero-order valence-corrected chi connectivity index (χ0v) is 36.7. The van der Waals surface area contributed by atoms with Gasteiger partial charge in [-0.3, -0.25) is 18.6 Å². The molecule has 0 aromatic heterocycles. The number of ether oxygens (including phenoxy) is 2. The Morgan fingerprint density at radius 1 is 0.534 bits per heavy atom. The Hall–Kier alpha value is -1.67. The number of aliphatic hydroxyl groups excluding tert-OH is 5. The van der Waals surface area contributed by atoms with Gasteiger partial charge >= 0.3 is 19.8 Å². The number of allylic oxidation sites excluding steroid dienone is 4. The van der Waals surface area contributed by atoms with E-state index >= 15 is 0 Å². The number of phosphoric ester groups is 1. The molecule has 0 aliphatic heterocycles. The number of unbranched alkanes of at least 4 members (excludes halogenated alkanes) is 21. The van der Waals surface area contributed by atoms with Crippen molar-refractivity contribution in [1.82, 2.24) is 0 Å². The van der Waals surface area contributed by atoms with E-state index in [2.05, 4.69) is 38.2 Å². The van der Waals surface area contributed by atoms with Gasteiger partial charge in [0.05, 0.1) is 6.61 Å². The number of carbonyl (C=O) groups excluding carboxylic acids is 2. The summed E-state index contributed by atoms with van der Waals surface area (Å²) in [5.74, 6) is -1.10. The van der Waals surface area contributed by atoms with Gasteiger partial charge < -0.3 is 39.9 Å². The zero-order chi connectivity index (χ0) is 42.9. The Morgan fingerprint density at radius 2 is 0.931 bits per heavy atom. The molecule has 0 bridgehead atoms. The lowest BCUT2D eigenvalue weighted by Crippen LogP contribution is -2.64. The molecule has 13 nitrogen and oxygen atoms in total. The molecule has 0 aromatic carbocycles. The molecule has 340 valence electrons. The second kappa shape index (κ2) is 35.0. The van der Waals surface area contributed by atoms with Crippen LogP contribution in [0.5, 0.6) is 0 Å². The van der Waals surface area contributed by atoms with E-state index in [1.54, 1.807) is 0 Å². The number of phosphoric acid groups is 1. The minimum atomic E-state index is -5.11. The number of hydrogen-bond acceptors (Lipinski definition) is 12. The predicted octanol–water partition coefficient (Wildman–Crippen LogP) is 8.45. The van der Waals surface area contributed by atoms with Crippen molar-refractivity contribution in [3.8, 4) is 0 Å². The molecule has 1 saturated carbocycles. The highest BCUT2D eigenvalue weighted by Crippen LogP contribution is 2.47. The van der Waals surface area contributed by atoms with Gasteiger partial charge in [-0.25, -0.2) is 4.57 Å². The summed E-state index contributed by atoms with van der Waals surface area (Å²) in [5, 5.41) is 50.0. The van der Waals surface area contributed by atoms with Crippen LogP contribution in [0.3, 0.4) is 0 Å². The van der Waals surface area contributed by atoms with Crippen LogP contribution in [0.15, 0.2) is 24.3 Å². The summed E-state index contributed by atoms with van der Waals surface area (Å²) >= 11 is 0. The average molecular weight is 849 g/mol. The third-order valence-electron chi connectivity index (χ3n) is 10.5.